The highest BCUT2D eigenvalue weighted by Crippen LogP contribution is 2.37. The molecule has 1 N–H and O–H groups in total. The Morgan fingerprint density at radius 3 is 2.80 bits per heavy atom. The standard InChI is InChI=1S/C15H13FN2O2/c16-12-5-3-4-11-10(12)8-9-13(11)17-14-6-1-2-7-15(14)18(19)20/h1-7,13,17H,8-9H2. The minimum Gasteiger partial charge on any atom is -0.373 e. The van der Waals surface area contributed by atoms with Crippen molar-refractivity contribution in [2.45, 2.75) is 18.9 Å². The number of benzene rings is 2. The Morgan fingerprint density at radius 1 is 1.20 bits per heavy atom. The van der Waals surface area contributed by atoms with Crippen LogP contribution >= 0.6 is 0 Å². The molecule has 0 spiro atoms. The quantitative estimate of drug-likeness (QED) is 0.682. The predicted octanol–water partition coefficient (Wildman–Crippen LogP) is 3.83. The van der Waals surface area contributed by atoms with E-state index < -0.39 is 4.92 Å². The molecule has 0 saturated carbocycles. The van der Waals surface area contributed by atoms with E-state index in [4.69, 9.17) is 0 Å². The Kier molecular flexibility index (Phi) is 3.10. The van der Waals surface area contributed by atoms with Gasteiger partial charge in [0.05, 0.1) is 11.0 Å². The molecule has 0 radical (unpaired) electrons. The van der Waals surface area contributed by atoms with E-state index in [1.165, 1.54) is 12.1 Å². The van der Waals surface area contributed by atoms with Gasteiger partial charge in [-0.25, -0.2) is 4.39 Å². The number of nitrogens with zero attached hydrogens (tertiary/aromatic N) is 1. The summed E-state index contributed by atoms with van der Waals surface area (Å²) in [5.41, 5.74) is 2.11. The Labute approximate surface area is 115 Å². The molecule has 0 aliphatic heterocycles. The van der Waals surface area contributed by atoms with Crippen molar-refractivity contribution >= 4 is 11.4 Å². The number of rotatable bonds is 3. The van der Waals surface area contributed by atoms with Gasteiger partial charge < -0.3 is 5.32 Å². The van der Waals surface area contributed by atoms with Gasteiger partial charge in [0.2, 0.25) is 0 Å². The molecular formula is C15H13FN2O2. The molecular weight excluding hydrogens is 259 g/mol. The van der Waals surface area contributed by atoms with Crippen molar-refractivity contribution in [3.8, 4) is 0 Å². The van der Waals surface area contributed by atoms with Crippen molar-refractivity contribution in [3.63, 3.8) is 0 Å². The molecule has 1 aliphatic rings. The predicted molar refractivity (Wildman–Crippen MR) is 74.2 cm³/mol. The second kappa shape index (κ2) is 4.92. The number of para-hydroxylation sites is 2. The normalized spacial score (nSPS) is 16.8. The molecule has 0 bridgehead atoms. The zero-order valence-corrected chi connectivity index (χ0v) is 10.7. The van der Waals surface area contributed by atoms with Gasteiger partial charge in [-0.1, -0.05) is 24.3 Å². The number of nitrogens with one attached hydrogen (secondary N) is 1. The summed E-state index contributed by atoms with van der Waals surface area (Å²) in [7, 11) is 0. The Morgan fingerprint density at radius 2 is 2.00 bits per heavy atom. The van der Waals surface area contributed by atoms with E-state index >= 15 is 0 Å². The first kappa shape index (κ1) is 12.6. The summed E-state index contributed by atoms with van der Waals surface area (Å²) >= 11 is 0. The summed E-state index contributed by atoms with van der Waals surface area (Å²) in [6.07, 6.45) is 1.39. The molecule has 0 heterocycles. The molecule has 0 amide bonds. The van der Waals surface area contributed by atoms with Crippen LogP contribution in [0.2, 0.25) is 0 Å². The van der Waals surface area contributed by atoms with Crippen molar-refractivity contribution in [1.82, 2.24) is 0 Å². The number of fused-ring (bicyclic) bond motifs is 1. The fraction of sp³-hybridized carbons (Fsp3) is 0.200. The molecule has 0 aromatic heterocycles. The second-order valence-corrected chi connectivity index (χ2v) is 4.82. The third kappa shape index (κ3) is 2.11. The fourth-order valence-corrected chi connectivity index (χ4v) is 2.70. The molecule has 0 fully saturated rings. The highest BCUT2D eigenvalue weighted by Gasteiger charge is 2.26. The second-order valence-electron chi connectivity index (χ2n) is 4.82. The molecule has 1 atom stereocenters. The largest absolute Gasteiger partial charge is 0.373 e. The van der Waals surface area contributed by atoms with Gasteiger partial charge in [-0.15, -0.1) is 0 Å². The molecule has 102 valence electrons. The van der Waals surface area contributed by atoms with E-state index in [2.05, 4.69) is 5.32 Å². The highest BCUT2D eigenvalue weighted by molar-refractivity contribution is 5.62. The van der Waals surface area contributed by atoms with Crippen molar-refractivity contribution in [1.29, 1.82) is 0 Å². The Hall–Kier alpha value is -2.43. The topological polar surface area (TPSA) is 55.2 Å². The first-order valence-electron chi connectivity index (χ1n) is 6.44. The minimum atomic E-state index is -0.413. The molecule has 5 heteroatoms. The summed E-state index contributed by atoms with van der Waals surface area (Å²) in [6.45, 7) is 0. The maximum Gasteiger partial charge on any atom is 0.292 e. The van der Waals surface area contributed by atoms with Crippen LogP contribution in [-0.2, 0) is 6.42 Å². The molecule has 20 heavy (non-hydrogen) atoms. The third-order valence-electron chi connectivity index (χ3n) is 3.64. The van der Waals surface area contributed by atoms with Crippen LogP contribution in [0.5, 0.6) is 0 Å². The average molecular weight is 272 g/mol. The number of halogens is 1. The molecule has 4 nitrogen and oxygen atoms in total. The summed E-state index contributed by atoms with van der Waals surface area (Å²) in [6, 6.07) is 11.4. The monoisotopic (exact) mass is 272 g/mol. The number of hydrogen-bond donors (Lipinski definition) is 1. The van der Waals surface area contributed by atoms with Crippen LogP contribution in [0.1, 0.15) is 23.6 Å². The first-order chi connectivity index (χ1) is 9.66. The molecule has 1 aliphatic carbocycles. The van der Waals surface area contributed by atoms with E-state index in [9.17, 15) is 14.5 Å². The lowest BCUT2D eigenvalue weighted by molar-refractivity contribution is -0.384. The van der Waals surface area contributed by atoms with Gasteiger partial charge in [0.15, 0.2) is 0 Å². The van der Waals surface area contributed by atoms with Crippen molar-refractivity contribution in [3.05, 3.63) is 69.5 Å². The van der Waals surface area contributed by atoms with Crippen LogP contribution in [0.3, 0.4) is 0 Å². The van der Waals surface area contributed by atoms with Gasteiger partial charge in [0.1, 0.15) is 11.5 Å². The fourth-order valence-electron chi connectivity index (χ4n) is 2.70. The maximum atomic E-state index is 13.7. The van der Waals surface area contributed by atoms with Crippen molar-refractivity contribution < 1.29 is 9.31 Å². The zero-order chi connectivity index (χ0) is 14.1. The lowest BCUT2D eigenvalue weighted by Crippen LogP contribution is -2.08. The van der Waals surface area contributed by atoms with Gasteiger partial charge in [-0.3, -0.25) is 10.1 Å². The van der Waals surface area contributed by atoms with Crippen LogP contribution < -0.4 is 5.32 Å². The summed E-state index contributed by atoms with van der Waals surface area (Å²) in [5.74, 6) is -0.200. The Bertz CT molecular complexity index is 673. The van der Waals surface area contributed by atoms with Gasteiger partial charge >= 0.3 is 0 Å². The van der Waals surface area contributed by atoms with Crippen molar-refractivity contribution in [2.75, 3.05) is 5.32 Å². The zero-order valence-electron chi connectivity index (χ0n) is 10.7. The minimum absolute atomic E-state index is 0.0392. The SMILES string of the molecule is O=[N+]([O-])c1ccccc1NC1CCc2c(F)cccc21. The number of anilines is 1. The van der Waals surface area contributed by atoms with E-state index in [-0.39, 0.29) is 17.5 Å². The average Bonchev–Trinajstić information content (AvgIpc) is 2.84. The van der Waals surface area contributed by atoms with Crippen LogP contribution in [-0.4, -0.2) is 4.92 Å². The maximum absolute atomic E-state index is 13.7. The van der Waals surface area contributed by atoms with Gasteiger partial charge in [0, 0.05) is 6.07 Å². The first-order valence-corrected chi connectivity index (χ1v) is 6.44. The number of nitro groups is 1. The van der Waals surface area contributed by atoms with E-state index in [0.29, 0.717) is 17.7 Å². The molecule has 2 aromatic rings. The van der Waals surface area contributed by atoms with Crippen molar-refractivity contribution in [2.24, 2.45) is 0 Å². The van der Waals surface area contributed by atoms with Gasteiger partial charge in [-0.2, -0.15) is 0 Å². The summed E-state index contributed by atoms with van der Waals surface area (Å²) < 4.78 is 13.7. The van der Waals surface area contributed by atoms with Crippen LogP contribution in [0, 0.1) is 15.9 Å². The lowest BCUT2D eigenvalue weighted by Gasteiger charge is -2.15. The Balaban J connectivity index is 1.92. The summed E-state index contributed by atoms with van der Waals surface area (Å²) in [5, 5.41) is 14.2. The lowest BCUT2D eigenvalue weighted by atomic mass is 10.1. The molecule has 1 unspecified atom stereocenters. The summed E-state index contributed by atoms with van der Waals surface area (Å²) in [4.78, 5) is 10.6. The van der Waals surface area contributed by atoms with E-state index in [1.807, 2.05) is 6.07 Å². The molecule has 2 aromatic carbocycles. The van der Waals surface area contributed by atoms with Gasteiger partial charge in [-0.05, 0) is 36.1 Å². The molecule has 0 saturated heterocycles. The third-order valence-corrected chi connectivity index (χ3v) is 3.64. The number of hydrogen-bond acceptors (Lipinski definition) is 3. The smallest absolute Gasteiger partial charge is 0.292 e. The van der Waals surface area contributed by atoms with Crippen LogP contribution in [0.4, 0.5) is 15.8 Å². The van der Waals surface area contributed by atoms with E-state index in [0.717, 1.165) is 12.0 Å². The molecule has 3 rings (SSSR count). The van der Waals surface area contributed by atoms with Gasteiger partial charge in [0.25, 0.3) is 5.69 Å². The number of nitro benzene ring substituents is 1. The highest BCUT2D eigenvalue weighted by atomic mass is 19.1. The van der Waals surface area contributed by atoms with E-state index in [1.54, 1.807) is 24.3 Å². The van der Waals surface area contributed by atoms with Crippen LogP contribution in [0.15, 0.2) is 42.5 Å². The van der Waals surface area contributed by atoms with Crippen LogP contribution in [0.25, 0.3) is 0 Å².